The Kier molecular flexibility index (Phi) is 12.6. The molecule has 2 aliphatic rings. The van der Waals surface area contributed by atoms with Gasteiger partial charge in [0.15, 0.2) is 0 Å². The van der Waals surface area contributed by atoms with Crippen molar-refractivity contribution >= 4 is 11.9 Å². The van der Waals surface area contributed by atoms with E-state index >= 15 is 0 Å². The molecule has 1 aromatic rings. The maximum absolute atomic E-state index is 10.6. The highest BCUT2D eigenvalue weighted by molar-refractivity contribution is 5.73. The first-order valence-electron chi connectivity index (χ1n) is 11.1. The molecule has 3 rings (SSSR count). The average Bonchev–Trinajstić information content (AvgIpc) is 2.79. The first kappa shape index (κ1) is 31.6. The van der Waals surface area contributed by atoms with Gasteiger partial charge in [-0.3, -0.25) is 9.88 Å². The zero-order valence-electron chi connectivity index (χ0n) is 19.8. The number of nitrogens with zero attached hydrogens (tertiary/aromatic N) is 3. The van der Waals surface area contributed by atoms with E-state index in [0.29, 0.717) is 5.41 Å². The lowest BCUT2D eigenvalue weighted by atomic mass is 9.72. The van der Waals surface area contributed by atoms with Crippen LogP contribution in [0.1, 0.15) is 31.4 Å². The average molecular weight is 531 g/mol. The lowest BCUT2D eigenvalue weighted by Gasteiger charge is -2.47. The van der Waals surface area contributed by atoms with E-state index in [2.05, 4.69) is 26.9 Å². The van der Waals surface area contributed by atoms with Gasteiger partial charge in [-0.2, -0.15) is 26.3 Å². The number of likely N-dealkylation sites (tertiary alicyclic amines) is 2. The van der Waals surface area contributed by atoms with Gasteiger partial charge < -0.3 is 19.8 Å². The fraction of sp³-hybridized carbons (Fsp3) is 0.682. The molecular weight excluding hydrogens is 500 g/mol. The number of carboxylic acid groups (broad SMARTS) is 2. The maximum atomic E-state index is 10.6. The van der Waals surface area contributed by atoms with Gasteiger partial charge in [-0.15, -0.1) is 0 Å². The number of piperidine rings is 2. The molecular formula is C22H31F6N3O5. The minimum absolute atomic E-state index is 0.552. The third kappa shape index (κ3) is 12.0. The van der Waals surface area contributed by atoms with E-state index in [4.69, 9.17) is 24.5 Å². The van der Waals surface area contributed by atoms with Gasteiger partial charge in [-0.25, -0.2) is 9.59 Å². The number of carboxylic acids is 2. The molecule has 0 amide bonds. The second-order valence-electron chi connectivity index (χ2n) is 8.58. The number of aliphatic carboxylic acids is 2. The van der Waals surface area contributed by atoms with E-state index in [-0.39, 0.29) is 0 Å². The summed E-state index contributed by atoms with van der Waals surface area (Å²) in [4.78, 5) is 27.5. The third-order valence-electron chi connectivity index (χ3n) is 5.87. The number of methoxy groups -OCH3 is 1. The Bertz CT molecular complexity index is 776. The van der Waals surface area contributed by atoms with Crippen molar-refractivity contribution in [2.75, 3.05) is 46.4 Å². The molecule has 0 unspecified atom stereocenters. The number of aromatic nitrogens is 1. The Balaban J connectivity index is 0.000000383. The summed E-state index contributed by atoms with van der Waals surface area (Å²) in [6, 6.07) is 6.24. The Morgan fingerprint density at radius 1 is 0.972 bits per heavy atom. The molecule has 2 fully saturated rings. The molecule has 36 heavy (non-hydrogen) atoms. The first-order chi connectivity index (χ1) is 16.7. The number of rotatable bonds is 5. The number of alkyl halides is 6. The predicted molar refractivity (Wildman–Crippen MR) is 116 cm³/mol. The van der Waals surface area contributed by atoms with Crippen molar-refractivity contribution in [3.63, 3.8) is 0 Å². The van der Waals surface area contributed by atoms with Gasteiger partial charge in [0.05, 0.1) is 12.3 Å². The van der Waals surface area contributed by atoms with Gasteiger partial charge in [-0.1, -0.05) is 6.07 Å². The first-order valence-corrected chi connectivity index (χ1v) is 11.1. The van der Waals surface area contributed by atoms with Gasteiger partial charge in [0.2, 0.25) is 0 Å². The van der Waals surface area contributed by atoms with Crippen LogP contribution >= 0.6 is 0 Å². The molecule has 0 radical (unpaired) electrons. The van der Waals surface area contributed by atoms with E-state index in [1.807, 2.05) is 12.3 Å². The van der Waals surface area contributed by atoms with Gasteiger partial charge in [-0.05, 0) is 62.9 Å². The summed E-state index contributed by atoms with van der Waals surface area (Å²) >= 11 is 0. The smallest absolute Gasteiger partial charge is 0.475 e. The summed E-state index contributed by atoms with van der Waals surface area (Å²) < 4.78 is 68.7. The second kappa shape index (κ2) is 14.3. The molecule has 0 bridgehead atoms. The fourth-order valence-electron chi connectivity index (χ4n) is 4.05. The molecule has 3 heterocycles. The number of ether oxygens (including phenoxy) is 1. The van der Waals surface area contributed by atoms with E-state index in [1.54, 1.807) is 7.11 Å². The van der Waals surface area contributed by atoms with E-state index < -0.39 is 24.3 Å². The molecule has 2 N–H and O–H groups in total. The van der Waals surface area contributed by atoms with Crippen LogP contribution in [0.2, 0.25) is 0 Å². The topological polar surface area (TPSA) is 103 Å². The van der Waals surface area contributed by atoms with Crippen molar-refractivity contribution < 1.29 is 50.9 Å². The Labute approximate surface area is 204 Å². The Hall–Kier alpha value is -2.45. The molecule has 2 aliphatic heterocycles. The summed E-state index contributed by atoms with van der Waals surface area (Å²) in [6.07, 6.45) is -2.83. The van der Waals surface area contributed by atoms with Crippen LogP contribution in [0.25, 0.3) is 0 Å². The molecule has 0 saturated carbocycles. The van der Waals surface area contributed by atoms with E-state index in [1.165, 1.54) is 57.6 Å². The van der Waals surface area contributed by atoms with Crippen molar-refractivity contribution in [1.82, 2.24) is 14.8 Å². The van der Waals surface area contributed by atoms with Gasteiger partial charge in [0.25, 0.3) is 0 Å². The molecule has 14 heteroatoms. The SMILES string of the molecule is COCCN1CCC2(CCCN(Cc3ccccn3)C2)CC1.O=C(O)C(F)(F)F.O=C(O)C(F)(F)F. The van der Waals surface area contributed by atoms with Gasteiger partial charge >= 0.3 is 24.3 Å². The molecule has 8 nitrogen and oxygen atoms in total. The molecule has 0 aliphatic carbocycles. The summed E-state index contributed by atoms with van der Waals surface area (Å²) in [6.45, 7) is 7.91. The summed E-state index contributed by atoms with van der Waals surface area (Å²) in [5.74, 6) is -5.51. The highest BCUT2D eigenvalue weighted by atomic mass is 19.4. The van der Waals surface area contributed by atoms with Crippen LogP contribution in [-0.2, 0) is 20.9 Å². The van der Waals surface area contributed by atoms with Crippen molar-refractivity contribution in [1.29, 1.82) is 0 Å². The van der Waals surface area contributed by atoms with Crippen molar-refractivity contribution in [3.8, 4) is 0 Å². The molecule has 2 saturated heterocycles. The zero-order chi connectivity index (χ0) is 27.4. The molecule has 0 aromatic carbocycles. The summed E-state index contributed by atoms with van der Waals surface area (Å²) in [5, 5.41) is 14.2. The van der Waals surface area contributed by atoms with Crippen LogP contribution in [0.5, 0.6) is 0 Å². The highest BCUT2D eigenvalue weighted by Gasteiger charge is 2.39. The van der Waals surface area contributed by atoms with Crippen LogP contribution in [-0.4, -0.2) is 95.7 Å². The van der Waals surface area contributed by atoms with Crippen LogP contribution in [0.15, 0.2) is 24.4 Å². The minimum atomic E-state index is -5.08. The Morgan fingerprint density at radius 2 is 1.53 bits per heavy atom. The molecule has 1 spiro atoms. The zero-order valence-corrected chi connectivity index (χ0v) is 19.8. The molecule has 206 valence electrons. The number of halogens is 6. The largest absolute Gasteiger partial charge is 0.490 e. The standard InChI is InChI=1S/C18H29N3O.2C2HF3O2/c1-22-14-13-20-11-7-18(8-12-20)6-4-10-21(16-18)15-17-5-2-3-9-19-17;2*3-2(4,5)1(6)7/h2-3,5,9H,4,6-8,10-16H2,1H3;2*(H,6,7). The predicted octanol–water partition coefficient (Wildman–Crippen LogP) is 3.67. The summed E-state index contributed by atoms with van der Waals surface area (Å²) in [7, 11) is 1.79. The maximum Gasteiger partial charge on any atom is 0.490 e. The van der Waals surface area contributed by atoms with Crippen LogP contribution < -0.4 is 0 Å². The van der Waals surface area contributed by atoms with Crippen molar-refractivity contribution in [3.05, 3.63) is 30.1 Å². The number of carbonyl (C=O) groups is 2. The lowest BCUT2D eigenvalue weighted by molar-refractivity contribution is -0.193. The number of hydrogen-bond acceptors (Lipinski definition) is 6. The van der Waals surface area contributed by atoms with Crippen molar-refractivity contribution in [2.24, 2.45) is 5.41 Å². The van der Waals surface area contributed by atoms with E-state index in [0.717, 1.165) is 19.7 Å². The van der Waals surface area contributed by atoms with Crippen LogP contribution in [0.4, 0.5) is 26.3 Å². The van der Waals surface area contributed by atoms with E-state index in [9.17, 15) is 26.3 Å². The van der Waals surface area contributed by atoms with Crippen LogP contribution in [0, 0.1) is 5.41 Å². The second-order valence-corrected chi connectivity index (χ2v) is 8.58. The number of pyridine rings is 1. The van der Waals surface area contributed by atoms with Gasteiger partial charge in [0, 0.05) is 32.9 Å². The third-order valence-corrected chi connectivity index (χ3v) is 5.87. The lowest BCUT2D eigenvalue weighted by Crippen LogP contribution is -2.49. The molecule has 1 aromatic heterocycles. The minimum Gasteiger partial charge on any atom is -0.475 e. The normalized spacial score (nSPS) is 18.4. The summed E-state index contributed by atoms with van der Waals surface area (Å²) in [5.41, 5.74) is 1.76. The molecule has 0 atom stereocenters. The van der Waals surface area contributed by atoms with Crippen LogP contribution in [0.3, 0.4) is 0 Å². The highest BCUT2D eigenvalue weighted by Crippen LogP contribution is 2.40. The fourth-order valence-corrected chi connectivity index (χ4v) is 4.05. The van der Waals surface area contributed by atoms with Gasteiger partial charge in [0.1, 0.15) is 0 Å². The Morgan fingerprint density at radius 3 is 1.97 bits per heavy atom. The van der Waals surface area contributed by atoms with Crippen molar-refractivity contribution in [2.45, 2.75) is 44.6 Å². The number of hydrogen-bond donors (Lipinski definition) is 2. The monoisotopic (exact) mass is 531 g/mol. The quantitative estimate of drug-likeness (QED) is 0.555.